The van der Waals surface area contributed by atoms with E-state index in [9.17, 15) is 9.59 Å². The summed E-state index contributed by atoms with van der Waals surface area (Å²) < 4.78 is 11.1. The molecule has 7 heteroatoms. The van der Waals surface area contributed by atoms with Crippen molar-refractivity contribution in [1.29, 1.82) is 0 Å². The van der Waals surface area contributed by atoms with E-state index in [1.807, 2.05) is 0 Å². The largest absolute Gasteiger partial charge is 0.489 e. The number of fused-ring (bicyclic) bond motifs is 1. The van der Waals surface area contributed by atoms with E-state index >= 15 is 0 Å². The molecule has 0 spiro atoms. The molecule has 0 unspecified atom stereocenters. The van der Waals surface area contributed by atoms with E-state index in [0.717, 1.165) is 24.8 Å². The summed E-state index contributed by atoms with van der Waals surface area (Å²) in [6, 6.07) is 3.75. The van der Waals surface area contributed by atoms with Crippen molar-refractivity contribution in [3.05, 3.63) is 22.7 Å². The molecule has 0 radical (unpaired) electrons. The highest BCUT2D eigenvalue weighted by Crippen LogP contribution is 2.38. The van der Waals surface area contributed by atoms with Gasteiger partial charge < -0.3 is 20.1 Å². The van der Waals surface area contributed by atoms with Crippen molar-refractivity contribution in [3.8, 4) is 11.5 Å². The molecule has 1 saturated carbocycles. The van der Waals surface area contributed by atoms with Crippen LogP contribution < -0.4 is 20.1 Å². The van der Waals surface area contributed by atoms with Gasteiger partial charge in [-0.2, -0.15) is 0 Å². The van der Waals surface area contributed by atoms with Crippen LogP contribution in [-0.2, 0) is 16.0 Å². The van der Waals surface area contributed by atoms with Crippen LogP contribution in [0.15, 0.2) is 12.1 Å². The molecule has 0 saturated heterocycles. The number of nitrogens with one attached hydrogen (secondary N) is 2. The lowest BCUT2D eigenvalue weighted by molar-refractivity contribution is -0.125. The Bertz CT molecular complexity index is 616. The van der Waals surface area contributed by atoms with Crippen LogP contribution in [0.3, 0.4) is 0 Å². The molecular weight excluding hydrogens is 320 g/mol. The van der Waals surface area contributed by atoms with Crippen molar-refractivity contribution < 1.29 is 19.1 Å². The quantitative estimate of drug-likeness (QED) is 0.851. The molecule has 1 fully saturated rings. The number of carbonyl (C=O) groups excluding carboxylic acids is 2. The number of rotatable bonds is 5. The van der Waals surface area contributed by atoms with E-state index in [0.29, 0.717) is 35.8 Å². The van der Waals surface area contributed by atoms with Gasteiger partial charge in [-0.15, -0.1) is 0 Å². The van der Waals surface area contributed by atoms with E-state index in [4.69, 9.17) is 21.1 Å². The van der Waals surface area contributed by atoms with Crippen LogP contribution in [0.2, 0.25) is 5.02 Å². The standard InChI is InChI=1S/C16H19ClN2O4/c17-12-6-10(7-13-16(12)23-5-1-4-22-13)8-14(20)18-9-15(21)19-11-2-3-11/h6-7,11H,1-5,8-9H2,(H,18,20)(H,19,21). The van der Waals surface area contributed by atoms with Gasteiger partial charge in [0.1, 0.15) is 0 Å². The van der Waals surface area contributed by atoms with Crippen molar-refractivity contribution in [2.45, 2.75) is 31.7 Å². The molecule has 23 heavy (non-hydrogen) atoms. The van der Waals surface area contributed by atoms with Crippen LogP contribution in [0.1, 0.15) is 24.8 Å². The van der Waals surface area contributed by atoms with Crippen LogP contribution in [0.5, 0.6) is 11.5 Å². The molecule has 0 aromatic heterocycles. The van der Waals surface area contributed by atoms with Crippen LogP contribution in [0, 0.1) is 0 Å². The molecular formula is C16H19ClN2O4. The lowest BCUT2D eigenvalue weighted by Crippen LogP contribution is -2.38. The van der Waals surface area contributed by atoms with E-state index in [1.54, 1.807) is 12.1 Å². The minimum absolute atomic E-state index is 0.00633. The molecule has 2 amide bonds. The third kappa shape index (κ3) is 4.51. The molecule has 124 valence electrons. The van der Waals surface area contributed by atoms with Gasteiger partial charge in [0.2, 0.25) is 11.8 Å². The predicted molar refractivity (Wildman–Crippen MR) is 84.9 cm³/mol. The zero-order valence-corrected chi connectivity index (χ0v) is 13.4. The minimum Gasteiger partial charge on any atom is -0.489 e. The fourth-order valence-corrected chi connectivity index (χ4v) is 2.61. The third-order valence-electron chi connectivity index (χ3n) is 3.62. The maximum absolute atomic E-state index is 12.0. The summed E-state index contributed by atoms with van der Waals surface area (Å²) in [7, 11) is 0. The summed E-state index contributed by atoms with van der Waals surface area (Å²) in [5.74, 6) is 0.695. The first-order valence-corrected chi connectivity index (χ1v) is 8.13. The highest BCUT2D eigenvalue weighted by molar-refractivity contribution is 6.32. The molecule has 0 bridgehead atoms. The molecule has 1 aliphatic heterocycles. The van der Waals surface area contributed by atoms with Gasteiger partial charge in [0.15, 0.2) is 11.5 Å². The average Bonchev–Trinajstić information content (AvgIpc) is 3.32. The second-order valence-corrected chi connectivity index (χ2v) is 6.16. The second kappa shape index (κ2) is 7.08. The lowest BCUT2D eigenvalue weighted by atomic mass is 10.1. The van der Waals surface area contributed by atoms with Crippen molar-refractivity contribution in [2.24, 2.45) is 0 Å². The fraction of sp³-hybridized carbons (Fsp3) is 0.500. The average molecular weight is 339 g/mol. The van der Waals surface area contributed by atoms with E-state index in [-0.39, 0.29) is 24.8 Å². The number of carbonyl (C=O) groups is 2. The first kappa shape index (κ1) is 15.9. The van der Waals surface area contributed by atoms with Gasteiger partial charge in [0, 0.05) is 12.5 Å². The Morgan fingerprint density at radius 2 is 1.96 bits per heavy atom. The van der Waals surface area contributed by atoms with Gasteiger partial charge in [-0.1, -0.05) is 11.6 Å². The topological polar surface area (TPSA) is 76.7 Å². The summed E-state index contributed by atoms with van der Waals surface area (Å²) in [6.45, 7) is 1.11. The smallest absolute Gasteiger partial charge is 0.239 e. The zero-order chi connectivity index (χ0) is 16.2. The van der Waals surface area contributed by atoms with Gasteiger partial charge in [0.25, 0.3) is 0 Å². The molecule has 0 atom stereocenters. The molecule has 1 aliphatic carbocycles. The Balaban J connectivity index is 1.56. The SMILES string of the molecule is O=C(Cc1cc(Cl)c2c(c1)OCCCO2)NCC(=O)NC1CC1. The van der Waals surface area contributed by atoms with Gasteiger partial charge in [-0.3, -0.25) is 9.59 Å². The van der Waals surface area contributed by atoms with Gasteiger partial charge in [0.05, 0.1) is 31.2 Å². The summed E-state index contributed by atoms with van der Waals surface area (Å²) in [5.41, 5.74) is 0.722. The normalized spacial score (nSPS) is 16.4. The van der Waals surface area contributed by atoms with Gasteiger partial charge >= 0.3 is 0 Å². The number of amides is 2. The lowest BCUT2D eigenvalue weighted by Gasteiger charge is -2.11. The number of halogens is 1. The highest BCUT2D eigenvalue weighted by atomic mass is 35.5. The molecule has 1 heterocycles. The highest BCUT2D eigenvalue weighted by Gasteiger charge is 2.23. The van der Waals surface area contributed by atoms with Crippen LogP contribution in [-0.4, -0.2) is 37.6 Å². The summed E-state index contributed by atoms with van der Waals surface area (Å²) in [5, 5.41) is 5.86. The minimum atomic E-state index is -0.235. The van der Waals surface area contributed by atoms with Crippen molar-refractivity contribution >= 4 is 23.4 Å². The number of benzene rings is 1. The van der Waals surface area contributed by atoms with Crippen LogP contribution >= 0.6 is 11.6 Å². The van der Waals surface area contributed by atoms with Crippen molar-refractivity contribution in [1.82, 2.24) is 10.6 Å². The molecule has 3 rings (SSSR count). The zero-order valence-electron chi connectivity index (χ0n) is 12.7. The number of hydrogen-bond donors (Lipinski definition) is 2. The van der Waals surface area contributed by atoms with Crippen molar-refractivity contribution in [2.75, 3.05) is 19.8 Å². The maximum Gasteiger partial charge on any atom is 0.239 e. The van der Waals surface area contributed by atoms with E-state index < -0.39 is 0 Å². The van der Waals surface area contributed by atoms with Gasteiger partial charge in [-0.05, 0) is 30.5 Å². The Kier molecular flexibility index (Phi) is 4.91. The Morgan fingerprint density at radius 1 is 1.17 bits per heavy atom. The Hall–Kier alpha value is -1.95. The molecule has 2 aliphatic rings. The molecule has 2 N–H and O–H groups in total. The first-order valence-electron chi connectivity index (χ1n) is 7.76. The summed E-state index contributed by atoms with van der Waals surface area (Å²) >= 11 is 6.19. The number of hydrogen-bond acceptors (Lipinski definition) is 4. The molecule has 6 nitrogen and oxygen atoms in total. The van der Waals surface area contributed by atoms with Crippen molar-refractivity contribution in [3.63, 3.8) is 0 Å². The van der Waals surface area contributed by atoms with Crippen LogP contribution in [0.4, 0.5) is 0 Å². The Morgan fingerprint density at radius 3 is 2.74 bits per heavy atom. The van der Waals surface area contributed by atoms with E-state index in [2.05, 4.69) is 10.6 Å². The molecule has 1 aromatic rings. The predicted octanol–water partition coefficient (Wildman–Crippen LogP) is 1.44. The third-order valence-corrected chi connectivity index (χ3v) is 3.90. The second-order valence-electron chi connectivity index (χ2n) is 5.75. The summed E-state index contributed by atoms with van der Waals surface area (Å²) in [4.78, 5) is 23.5. The van der Waals surface area contributed by atoms with Gasteiger partial charge in [-0.25, -0.2) is 0 Å². The molecule has 1 aromatic carbocycles. The first-order chi connectivity index (χ1) is 11.1. The monoisotopic (exact) mass is 338 g/mol. The maximum atomic E-state index is 12.0. The number of ether oxygens (including phenoxy) is 2. The van der Waals surface area contributed by atoms with E-state index in [1.165, 1.54) is 0 Å². The summed E-state index contributed by atoms with van der Waals surface area (Å²) in [6.07, 6.45) is 2.97. The fourth-order valence-electron chi connectivity index (χ4n) is 2.32. The Labute approximate surface area is 139 Å². The van der Waals surface area contributed by atoms with Crippen LogP contribution in [0.25, 0.3) is 0 Å².